The minimum atomic E-state index is -0.295. The summed E-state index contributed by atoms with van der Waals surface area (Å²) in [6.07, 6.45) is 1.73. The van der Waals surface area contributed by atoms with Crippen molar-refractivity contribution >= 4 is 16.9 Å². The Balaban J connectivity index is 2.44. The van der Waals surface area contributed by atoms with Crippen molar-refractivity contribution in [3.63, 3.8) is 0 Å². The normalized spacial score (nSPS) is 12.1. The molecular weight excluding hydrogens is 318 g/mol. The quantitative estimate of drug-likeness (QED) is 0.712. The van der Waals surface area contributed by atoms with Crippen molar-refractivity contribution in [1.82, 2.24) is 23.1 Å². The number of hydrogen-bond acceptors (Lipinski definition) is 3. The maximum Gasteiger partial charge on any atom is 0.332 e. The number of fused-ring (bicyclic) bond motifs is 3. The molecule has 136 valence electrons. The number of aryl methyl sites for hydroxylation is 2. The van der Waals surface area contributed by atoms with Crippen LogP contribution in [0.5, 0.6) is 0 Å². The molecule has 0 amide bonds. The number of nitrogens with zero attached hydrogens (tertiary/aromatic N) is 5. The monoisotopic (exact) mass is 345 g/mol. The van der Waals surface area contributed by atoms with Gasteiger partial charge in [-0.2, -0.15) is 4.98 Å². The van der Waals surface area contributed by atoms with Gasteiger partial charge in [0, 0.05) is 31.5 Å². The highest BCUT2D eigenvalue weighted by Crippen LogP contribution is 2.21. The number of rotatable bonds is 5. The predicted molar refractivity (Wildman–Crippen MR) is 99.4 cm³/mol. The van der Waals surface area contributed by atoms with Crippen LogP contribution in [0.1, 0.15) is 45.0 Å². The first kappa shape index (κ1) is 17.5. The van der Waals surface area contributed by atoms with E-state index in [1.54, 1.807) is 7.05 Å². The van der Waals surface area contributed by atoms with Gasteiger partial charge in [-0.15, -0.1) is 0 Å². The Labute approximate surface area is 146 Å². The van der Waals surface area contributed by atoms with Gasteiger partial charge in [-0.3, -0.25) is 18.3 Å². The van der Waals surface area contributed by atoms with Gasteiger partial charge in [0.05, 0.1) is 0 Å². The molecule has 0 aliphatic carbocycles. The van der Waals surface area contributed by atoms with Crippen LogP contribution in [0.25, 0.3) is 16.9 Å². The van der Waals surface area contributed by atoms with Crippen molar-refractivity contribution in [2.45, 2.75) is 60.5 Å². The third-order valence-electron chi connectivity index (χ3n) is 4.91. The highest BCUT2D eigenvalue weighted by molar-refractivity contribution is 5.76. The molecule has 0 bridgehead atoms. The molecule has 3 aromatic heterocycles. The van der Waals surface area contributed by atoms with E-state index >= 15 is 0 Å². The third kappa shape index (κ3) is 2.53. The molecule has 0 aliphatic rings. The van der Waals surface area contributed by atoms with Crippen molar-refractivity contribution in [1.29, 1.82) is 0 Å². The molecule has 3 rings (SSSR count). The van der Waals surface area contributed by atoms with Crippen molar-refractivity contribution < 1.29 is 0 Å². The summed E-state index contributed by atoms with van der Waals surface area (Å²) >= 11 is 0. The molecule has 0 saturated carbocycles. The van der Waals surface area contributed by atoms with Gasteiger partial charge in [-0.1, -0.05) is 27.2 Å². The van der Waals surface area contributed by atoms with Gasteiger partial charge in [0.15, 0.2) is 11.2 Å². The van der Waals surface area contributed by atoms with E-state index in [1.165, 1.54) is 9.13 Å². The molecule has 7 nitrogen and oxygen atoms in total. The topological polar surface area (TPSA) is 66.2 Å². The summed E-state index contributed by atoms with van der Waals surface area (Å²) in [7, 11) is 1.69. The molecule has 0 aromatic carbocycles. The van der Waals surface area contributed by atoms with Crippen molar-refractivity contribution in [2.24, 2.45) is 13.0 Å². The van der Waals surface area contributed by atoms with Crippen molar-refractivity contribution in [3.05, 3.63) is 32.2 Å². The van der Waals surface area contributed by atoms with Crippen LogP contribution >= 0.6 is 0 Å². The second-order valence-corrected chi connectivity index (χ2v) is 7.25. The Morgan fingerprint density at radius 3 is 2.36 bits per heavy atom. The molecular formula is C18H27N5O2. The van der Waals surface area contributed by atoms with E-state index in [0.717, 1.165) is 36.6 Å². The molecule has 0 radical (unpaired) electrons. The van der Waals surface area contributed by atoms with E-state index in [0.29, 0.717) is 23.6 Å². The Bertz CT molecular complexity index is 1060. The lowest BCUT2D eigenvalue weighted by Crippen LogP contribution is -2.39. The summed E-state index contributed by atoms with van der Waals surface area (Å²) in [5, 5.41) is 0. The van der Waals surface area contributed by atoms with E-state index in [2.05, 4.69) is 30.3 Å². The summed E-state index contributed by atoms with van der Waals surface area (Å²) in [6.45, 7) is 11.7. The van der Waals surface area contributed by atoms with Crippen LogP contribution in [0.3, 0.4) is 0 Å². The van der Waals surface area contributed by atoms with Crippen molar-refractivity contribution in [2.75, 3.05) is 0 Å². The fourth-order valence-electron chi connectivity index (χ4n) is 3.41. The average molecular weight is 345 g/mol. The number of unbranched alkanes of at least 4 members (excludes halogenated alkanes) is 1. The Kier molecular flexibility index (Phi) is 4.34. The van der Waals surface area contributed by atoms with Gasteiger partial charge in [0.2, 0.25) is 5.78 Å². The fraction of sp³-hybridized carbons (Fsp3) is 0.611. The van der Waals surface area contributed by atoms with Crippen LogP contribution in [0.2, 0.25) is 0 Å². The van der Waals surface area contributed by atoms with E-state index < -0.39 is 0 Å². The molecule has 3 aromatic rings. The van der Waals surface area contributed by atoms with E-state index in [4.69, 9.17) is 0 Å². The molecule has 3 heterocycles. The zero-order valence-corrected chi connectivity index (χ0v) is 16.0. The number of imidazole rings is 2. The lowest BCUT2D eigenvalue weighted by molar-refractivity contribution is 0.524. The number of hydrogen-bond donors (Lipinski definition) is 0. The summed E-state index contributed by atoms with van der Waals surface area (Å²) in [4.78, 5) is 30.3. The van der Waals surface area contributed by atoms with Gasteiger partial charge in [-0.05, 0) is 26.2 Å². The molecule has 0 spiro atoms. The van der Waals surface area contributed by atoms with Crippen LogP contribution < -0.4 is 11.2 Å². The average Bonchev–Trinajstić information content (AvgIpc) is 3.05. The minimum absolute atomic E-state index is 0.246. The maximum atomic E-state index is 13.1. The van der Waals surface area contributed by atoms with Crippen LogP contribution in [0.4, 0.5) is 0 Å². The Hall–Kier alpha value is -2.31. The molecule has 7 heteroatoms. The van der Waals surface area contributed by atoms with Crippen LogP contribution in [0.15, 0.2) is 9.59 Å². The van der Waals surface area contributed by atoms with E-state index in [1.807, 2.05) is 18.2 Å². The van der Waals surface area contributed by atoms with Gasteiger partial charge in [0.25, 0.3) is 5.56 Å². The van der Waals surface area contributed by atoms with Gasteiger partial charge in [0.1, 0.15) is 0 Å². The third-order valence-corrected chi connectivity index (χ3v) is 4.91. The molecule has 0 atom stereocenters. The van der Waals surface area contributed by atoms with Crippen molar-refractivity contribution in [3.8, 4) is 0 Å². The molecule has 0 unspecified atom stereocenters. The first-order valence-corrected chi connectivity index (χ1v) is 8.97. The van der Waals surface area contributed by atoms with Gasteiger partial charge >= 0.3 is 5.69 Å². The SMILES string of the molecule is CCCCn1c(=O)c2c(nc3n(CC(C)C)c(C)c(C)n23)n(C)c1=O. The van der Waals surface area contributed by atoms with Crippen LogP contribution in [-0.2, 0) is 20.1 Å². The zero-order valence-electron chi connectivity index (χ0n) is 16.0. The van der Waals surface area contributed by atoms with E-state index in [-0.39, 0.29) is 11.2 Å². The highest BCUT2D eigenvalue weighted by atomic mass is 16.2. The van der Waals surface area contributed by atoms with Crippen LogP contribution in [-0.4, -0.2) is 23.1 Å². The maximum absolute atomic E-state index is 13.1. The first-order valence-electron chi connectivity index (χ1n) is 8.97. The first-order chi connectivity index (χ1) is 11.8. The Morgan fingerprint density at radius 2 is 1.76 bits per heavy atom. The molecule has 0 fully saturated rings. The fourth-order valence-corrected chi connectivity index (χ4v) is 3.41. The second kappa shape index (κ2) is 6.20. The highest BCUT2D eigenvalue weighted by Gasteiger charge is 2.22. The largest absolute Gasteiger partial charge is 0.332 e. The lowest BCUT2D eigenvalue weighted by Gasteiger charge is -2.09. The zero-order chi connectivity index (χ0) is 18.5. The van der Waals surface area contributed by atoms with Gasteiger partial charge < -0.3 is 4.57 Å². The molecule has 0 N–H and O–H groups in total. The number of aromatic nitrogens is 5. The summed E-state index contributed by atoms with van der Waals surface area (Å²) in [5.74, 6) is 1.19. The van der Waals surface area contributed by atoms with Gasteiger partial charge in [-0.25, -0.2) is 4.79 Å². The Morgan fingerprint density at radius 1 is 1.08 bits per heavy atom. The summed E-state index contributed by atoms with van der Waals surface area (Å²) in [5.41, 5.74) is 2.51. The minimum Gasteiger partial charge on any atom is -0.314 e. The summed E-state index contributed by atoms with van der Waals surface area (Å²) in [6, 6.07) is 0. The predicted octanol–water partition coefficient (Wildman–Crippen LogP) is 2.22. The standard InChI is InChI=1S/C18H27N5O2/c1-7-8-9-21-16(24)14-15(20(6)18(21)25)19-17-22(10-11(2)3)12(4)13(5)23(14)17/h11H,7-10H2,1-6H3. The molecule has 25 heavy (non-hydrogen) atoms. The van der Waals surface area contributed by atoms with Crippen LogP contribution in [0, 0.1) is 19.8 Å². The smallest absolute Gasteiger partial charge is 0.314 e. The second-order valence-electron chi connectivity index (χ2n) is 7.25. The van der Waals surface area contributed by atoms with E-state index in [9.17, 15) is 9.59 Å². The summed E-state index contributed by atoms with van der Waals surface area (Å²) < 4.78 is 6.89. The lowest BCUT2D eigenvalue weighted by atomic mass is 10.2. The molecule has 0 saturated heterocycles. The molecule has 0 aliphatic heterocycles.